The molecule has 0 bridgehead atoms. The lowest BCUT2D eigenvalue weighted by Gasteiger charge is -2.11. The zero-order chi connectivity index (χ0) is 14.8. The van der Waals surface area contributed by atoms with E-state index >= 15 is 0 Å². The van der Waals surface area contributed by atoms with Crippen molar-refractivity contribution in [2.24, 2.45) is 0 Å². The number of H-pyrrole nitrogens is 1. The number of carbonyl (C=O) groups is 1. The van der Waals surface area contributed by atoms with Crippen LogP contribution in [0.3, 0.4) is 0 Å². The number of hydrogen-bond donors (Lipinski definition) is 2. The summed E-state index contributed by atoms with van der Waals surface area (Å²) in [6.07, 6.45) is 4.62. The Hall–Kier alpha value is -1.74. The molecule has 1 aliphatic carbocycles. The first kappa shape index (κ1) is 14.2. The van der Waals surface area contributed by atoms with Gasteiger partial charge in [-0.2, -0.15) is 0 Å². The van der Waals surface area contributed by atoms with Crippen molar-refractivity contribution in [3.8, 4) is 11.3 Å². The molecule has 110 valence electrons. The highest BCUT2D eigenvalue weighted by atomic mass is 35.5. The van der Waals surface area contributed by atoms with Gasteiger partial charge in [-0.25, -0.2) is 0 Å². The fourth-order valence-corrected chi connectivity index (χ4v) is 3.04. The third-order valence-electron chi connectivity index (χ3n) is 4.11. The zero-order valence-electron chi connectivity index (χ0n) is 12.1. The maximum atomic E-state index is 12.4. The Balaban J connectivity index is 1.80. The highest BCUT2D eigenvalue weighted by Gasteiger charge is 2.20. The molecule has 1 aromatic heterocycles. The molecule has 0 radical (unpaired) electrons. The average molecular weight is 303 g/mol. The van der Waals surface area contributed by atoms with Gasteiger partial charge >= 0.3 is 0 Å². The minimum atomic E-state index is 0.0239. The van der Waals surface area contributed by atoms with Crippen LogP contribution < -0.4 is 5.32 Å². The van der Waals surface area contributed by atoms with E-state index in [-0.39, 0.29) is 5.91 Å². The number of aryl methyl sites for hydroxylation is 1. The molecule has 0 unspecified atom stereocenters. The van der Waals surface area contributed by atoms with Crippen LogP contribution in [0.25, 0.3) is 11.3 Å². The van der Waals surface area contributed by atoms with E-state index in [1.807, 2.05) is 37.3 Å². The zero-order valence-corrected chi connectivity index (χ0v) is 12.8. The molecule has 1 amide bonds. The molecule has 4 heteroatoms. The molecule has 2 N–H and O–H groups in total. The smallest absolute Gasteiger partial charge is 0.253 e. The number of benzene rings is 1. The van der Waals surface area contributed by atoms with Gasteiger partial charge in [0.25, 0.3) is 5.91 Å². The highest BCUT2D eigenvalue weighted by molar-refractivity contribution is 6.30. The summed E-state index contributed by atoms with van der Waals surface area (Å²) >= 11 is 5.91. The van der Waals surface area contributed by atoms with E-state index in [4.69, 9.17) is 11.6 Å². The van der Waals surface area contributed by atoms with E-state index in [1.54, 1.807) is 0 Å². The number of carbonyl (C=O) groups excluding carboxylic acids is 1. The molecule has 3 nitrogen and oxygen atoms in total. The summed E-state index contributed by atoms with van der Waals surface area (Å²) in [7, 11) is 0. The van der Waals surface area contributed by atoms with Crippen LogP contribution in [-0.2, 0) is 0 Å². The first-order valence-corrected chi connectivity index (χ1v) is 7.77. The minimum absolute atomic E-state index is 0.0239. The van der Waals surface area contributed by atoms with Crippen molar-refractivity contribution >= 4 is 17.5 Å². The number of nitrogens with one attached hydrogen (secondary N) is 2. The first-order valence-electron chi connectivity index (χ1n) is 7.40. The lowest BCUT2D eigenvalue weighted by molar-refractivity contribution is 0.0937. The van der Waals surface area contributed by atoms with Crippen LogP contribution in [-0.4, -0.2) is 16.9 Å². The van der Waals surface area contributed by atoms with E-state index in [1.165, 1.54) is 12.8 Å². The van der Waals surface area contributed by atoms with Gasteiger partial charge in [0, 0.05) is 22.5 Å². The second kappa shape index (κ2) is 5.94. The molecule has 1 fully saturated rings. The first-order chi connectivity index (χ1) is 10.1. The Bertz CT molecular complexity index is 639. The SMILES string of the molecule is Cc1[nH]c(-c2ccc(Cl)cc2)cc1C(=O)NC1CCCC1. The van der Waals surface area contributed by atoms with Crippen LogP contribution in [0.2, 0.25) is 5.02 Å². The molecule has 1 aliphatic rings. The standard InChI is InChI=1S/C17H19ClN2O/c1-11-15(17(21)20-14-4-2-3-5-14)10-16(19-11)12-6-8-13(18)9-7-12/h6-10,14,19H,2-5H2,1H3,(H,20,21). The molecule has 0 saturated heterocycles. The van der Waals surface area contributed by atoms with Crippen LogP contribution in [0.15, 0.2) is 30.3 Å². The molecule has 21 heavy (non-hydrogen) atoms. The summed E-state index contributed by atoms with van der Waals surface area (Å²) in [5.74, 6) is 0.0239. The molecule has 1 aromatic carbocycles. The Morgan fingerprint density at radius 3 is 2.57 bits per heavy atom. The highest BCUT2D eigenvalue weighted by Crippen LogP contribution is 2.24. The van der Waals surface area contributed by atoms with Gasteiger partial charge in [-0.1, -0.05) is 36.6 Å². The van der Waals surface area contributed by atoms with Crippen molar-refractivity contribution < 1.29 is 4.79 Å². The monoisotopic (exact) mass is 302 g/mol. The second-order valence-electron chi connectivity index (χ2n) is 5.68. The van der Waals surface area contributed by atoms with E-state index in [2.05, 4.69) is 10.3 Å². The molecule has 0 atom stereocenters. The quantitative estimate of drug-likeness (QED) is 0.871. The summed E-state index contributed by atoms with van der Waals surface area (Å²) in [5.41, 5.74) is 3.60. The predicted molar refractivity (Wildman–Crippen MR) is 85.7 cm³/mol. The fraction of sp³-hybridized carbons (Fsp3) is 0.353. The molecule has 2 aromatic rings. The number of aromatic nitrogens is 1. The van der Waals surface area contributed by atoms with Gasteiger partial charge < -0.3 is 10.3 Å². The van der Waals surface area contributed by atoms with Crippen LogP contribution in [0.1, 0.15) is 41.7 Å². The molecular formula is C17H19ClN2O. The van der Waals surface area contributed by atoms with E-state index < -0.39 is 0 Å². The topological polar surface area (TPSA) is 44.9 Å². The van der Waals surface area contributed by atoms with Gasteiger partial charge in [-0.15, -0.1) is 0 Å². The Morgan fingerprint density at radius 2 is 1.90 bits per heavy atom. The van der Waals surface area contributed by atoms with Gasteiger partial charge in [-0.3, -0.25) is 4.79 Å². The average Bonchev–Trinajstić information content (AvgIpc) is 3.09. The number of hydrogen-bond acceptors (Lipinski definition) is 1. The van der Waals surface area contributed by atoms with E-state index in [9.17, 15) is 4.79 Å². The molecule has 1 heterocycles. The molecule has 0 spiro atoms. The number of aromatic amines is 1. The number of amides is 1. The van der Waals surface area contributed by atoms with Gasteiger partial charge in [0.15, 0.2) is 0 Å². The van der Waals surface area contributed by atoms with Crippen molar-refractivity contribution in [2.75, 3.05) is 0 Å². The Labute approximate surface area is 129 Å². The summed E-state index contributed by atoms with van der Waals surface area (Å²) < 4.78 is 0. The van der Waals surface area contributed by atoms with Gasteiger partial charge in [0.05, 0.1) is 5.56 Å². The number of rotatable bonds is 3. The summed E-state index contributed by atoms with van der Waals surface area (Å²) in [5, 5.41) is 3.84. The lowest BCUT2D eigenvalue weighted by atomic mass is 10.1. The third kappa shape index (κ3) is 3.13. The van der Waals surface area contributed by atoms with Crippen molar-refractivity contribution in [3.63, 3.8) is 0 Å². The van der Waals surface area contributed by atoms with Crippen LogP contribution in [0.5, 0.6) is 0 Å². The summed E-state index contributed by atoms with van der Waals surface area (Å²) in [4.78, 5) is 15.7. The fourth-order valence-electron chi connectivity index (χ4n) is 2.91. The summed E-state index contributed by atoms with van der Waals surface area (Å²) in [6.45, 7) is 1.93. The van der Waals surface area contributed by atoms with Crippen LogP contribution in [0.4, 0.5) is 0 Å². The second-order valence-corrected chi connectivity index (χ2v) is 6.12. The maximum Gasteiger partial charge on any atom is 0.253 e. The Kier molecular flexibility index (Phi) is 4.02. The normalized spacial score (nSPS) is 15.3. The van der Waals surface area contributed by atoms with Crippen molar-refractivity contribution in [1.82, 2.24) is 10.3 Å². The maximum absolute atomic E-state index is 12.4. The lowest BCUT2D eigenvalue weighted by Crippen LogP contribution is -2.32. The van der Waals surface area contributed by atoms with Crippen molar-refractivity contribution in [3.05, 3.63) is 46.6 Å². The molecular weight excluding hydrogens is 284 g/mol. The summed E-state index contributed by atoms with van der Waals surface area (Å²) in [6, 6.07) is 9.86. The van der Waals surface area contributed by atoms with Crippen molar-refractivity contribution in [1.29, 1.82) is 0 Å². The minimum Gasteiger partial charge on any atom is -0.358 e. The van der Waals surface area contributed by atoms with E-state index in [0.717, 1.165) is 35.4 Å². The van der Waals surface area contributed by atoms with E-state index in [0.29, 0.717) is 11.1 Å². The third-order valence-corrected chi connectivity index (χ3v) is 4.36. The molecule has 3 rings (SSSR count). The predicted octanol–water partition coefficient (Wildman–Crippen LogP) is 4.32. The number of halogens is 1. The Morgan fingerprint density at radius 1 is 1.24 bits per heavy atom. The van der Waals surface area contributed by atoms with Gasteiger partial charge in [-0.05, 0) is 43.5 Å². The van der Waals surface area contributed by atoms with Gasteiger partial charge in [0.1, 0.15) is 0 Å². The molecule has 1 saturated carbocycles. The van der Waals surface area contributed by atoms with Crippen LogP contribution >= 0.6 is 11.6 Å². The van der Waals surface area contributed by atoms with Gasteiger partial charge in [0.2, 0.25) is 0 Å². The largest absolute Gasteiger partial charge is 0.358 e. The van der Waals surface area contributed by atoms with Crippen LogP contribution in [0, 0.1) is 6.92 Å². The van der Waals surface area contributed by atoms with Crippen molar-refractivity contribution in [2.45, 2.75) is 38.6 Å². The molecule has 0 aliphatic heterocycles.